The van der Waals surface area contributed by atoms with Gasteiger partial charge in [-0.25, -0.2) is 22.9 Å². The molecule has 4 aromatic rings. The standard InChI is InChI=1S/C25H32ClN5O5S2/c1-7-28(8-2)11-13-35-20-16(3)30(24(32)36-25(4,5)6)19-10-9-17(15-18(19)20)31(38(33)34)22-21(26)27-23-29(22)12-14-37-23/h9-10,12,14-15H,7-8,11,13H2,1-6H3,(H,33,34). The molecule has 1 N–H and O–H groups in total. The van der Waals surface area contributed by atoms with Crippen molar-refractivity contribution in [3.05, 3.63) is 40.6 Å². The van der Waals surface area contributed by atoms with Gasteiger partial charge in [0.05, 0.1) is 16.9 Å². The highest BCUT2D eigenvalue weighted by Crippen LogP contribution is 2.40. The fraction of sp³-hybridized carbons (Fsp3) is 0.440. The summed E-state index contributed by atoms with van der Waals surface area (Å²) in [4.78, 5) is 20.3. The van der Waals surface area contributed by atoms with Crippen LogP contribution in [0.25, 0.3) is 15.9 Å². The number of thiazole rings is 1. The maximum Gasteiger partial charge on any atom is 0.419 e. The summed E-state index contributed by atoms with van der Waals surface area (Å²) in [6.07, 6.45) is 1.20. The number of nitrogens with zero attached hydrogens (tertiary/aromatic N) is 5. The Morgan fingerprint density at radius 3 is 2.61 bits per heavy atom. The van der Waals surface area contributed by atoms with Gasteiger partial charge in [-0.1, -0.05) is 25.4 Å². The lowest BCUT2D eigenvalue weighted by Crippen LogP contribution is -2.28. The molecule has 0 bridgehead atoms. The number of rotatable bonds is 9. The van der Waals surface area contributed by atoms with Crippen LogP contribution in [0.4, 0.5) is 16.3 Å². The van der Waals surface area contributed by atoms with Crippen LogP contribution in [0.3, 0.4) is 0 Å². The molecule has 0 aliphatic rings. The van der Waals surface area contributed by atoms with Gasteiger partial charge in [0, 0.05) is 23.5 Å². The van der Waals surface area contributed by atoms with Crippen molar-refractivity contribution in [1.29, 1.82) is 0 Å². The number of hydrogen-bond acceptors (Lipinski definition) is 7. The van der Waals surface area contributed by atoms with Crippen LogP contribution in [0, 0.1) is 6.92 Å². The second-order valence-corrected chi connectivity index (χ2v) is 11.7. The molecule has 0 saturated carbocycles. The number of carbonyl (C=O) groups excluding carboxylic acids is 1. The normalized spacial score (nSPS) is 13.0. The third-order valence-corrected chi connectivity index (χ3v) is 7.74. The smallest absolute Gasteiger partial charge is 0.419 e. The van der Waals surface area contributed by atoms with Crippen molar-refractivity contribution in [3.8, 4) is 5.75 Å². The Morgan fingerprint density at radius 1 is 1.26 bits per heavy atom. The highest BCUT2D eigenvalue weighted by molar-refractivity contribution is 7.81. The first-order valence-corrected chi connectivity index (χ1v) is 14.5. The molecule has 206 valence electrons. The second kappa shape index (κ2) is 11.2. The van der Waals surface area contributed by atoms with Gasteiger partial charge in [-0.2, -0.15) is 0 Å². The van der Waals surface area contributed by atoms with E-state index in [-0.39, 0.29) is 11.0 Å². The summed E-state index contributed by atoms with van der Waals surface area (Å²) in [5.41, 5.74) is 0.814. The molecule has 0 saturated heterocycles. The average Bonchev–Trinajstić information content (AvgIpc) is 3.48. The van der Waals surface area contributed by atoms with Crippen molar-refractivity contribution in [2.75, 3.05) is 30.5 Å². The van der Waals surface area contributed by atoms with Crippen molar-refractivity contribution in [1.82, 2.24) is 18.9 Å². The summed E-state index contributed by atoms with van der Waals surface area (Å²) in [5.74, 6) is 0.763. The minimum Gasteiger partial charge on any atom is -0.490 e. The zero-order chi connectivity index (χ0) is 27.8. The first-order valence-electron chi connectivity index (χ1n) is 12.2. The van der Waals surface area contributed by atoms with Crippen LogP contribution in [0.1, 0.15) is 40.3 Å². The summed E-state index contributed by atoms with van der Waals surface area (Å²) in [5, 5.41) is 2.51. The average molecular weight is 582 g/mol. The molecule has 1 unspecified atom stereocenters. The first kappa shape index (κ1) is 28.4. The molecule has 0 radical (unpaired) electrons. The minimum absolute atomic E-state index is 0.0950. The second-order valence-electron chi connectivity index (χ2n) is 9.61. The maximum absolute atomic E-state index is 13.2. The van der Waals surface area contributed by atoms with E-state index >= 15 is 0 Å². The van der Waals surface area contributed by atoms with Crippen LogP contribution in [0.2, 0.25) is 5.15 Å². The Kier molecular flexibility index (Phi) is 8.38. The third-order valence-electron chi connectivity index (χ3n) is 6.03. The Balaban J connectivity index is 1.85. The van der Waals surface area contributed by atoms with E-state index in [1.54, 1.807) is 56.5 Å². The van der Waals surface area contributed by atoms with Gasteiger partial charge < -0.3 is 14.4 Å². The van der Waals surface area contributed by atoms with Gasteiger partial charge in [-0.3, -0.25) is 8.95 Å². The van der Waals surface area contributed by atoms with Crippen molar-refractivity contribution in [2.45, 2.75) is 47.1 Å². The molecule has 4 rings (SSSR count). The summed E-state index contributed by atoms with van der Waals surface area (Å²) in [7, 11) is 0. The molecule has 3 heterocycles. The van der Waals surface area contributed by atoms with Crippen LogP contribution in [0.15, 0.2) is 29.8 Å². The molecule has 38 heavy (non-hydrogen) atoms. The van der Waals surface area contributed by atoms with E-state index in [0.29, 0.717) is 46.1 Å². The van der Waals surface area contributed by atoms with Gasteiger partial charge in [-0.05, 0) is 59.0 Å². The predicted molar refractivity (Wildman–Crippen MR) is 153 cm³/mol. The van der Waals surface area contributed by atoms with E-state index in [0.717, 1.165) is 13.1 Å². The van der Waals surface area contributed by atoms with Crippen molar-refractivity contribution < 1.29 is 23.0 Å². The van der Waals surface area contributed by atoms with E-state index < -0.39 is 23.0 Å². The molecule has 3 aromatic heterocycles. The van der Waals surface area contributed by atoms with Gasteiger partial charge in [0.25, 0.3) is 11.3 Å². The van der Waals surface area contributed by atoms with Crippen LogP contribution in [0.5, 0.6) is 5.75 Å². The molecule has 0 fully saturated rings. The van der Waals surface area contributed by atoms with Crippen molar-refractivity contribution >= 4 is 67.7 Å². The monoisotopic (exact) mass is 581 g/mol. The number of imidazole rings is 1. The molecule has 0 aliphatic carbocycles. The molecule has 0 amide bonds. The maximum atomic E-state index is 13.2. The topological polar surface area (TPSA) is 102 Å². The quantitative estimate of drug-likeness (QED) is 0.239. The lowest BCUT2D eigenvalue weighted by molar-refractivity contribution is 0.0540. The fourth-order valence-electron chi connectivity index (χ4n) is 4.26. The number of carbonyl (C=O) groups is 1. The number of halogens is 1. The molecule has 1 atom stereocenters. The predicted octanol–water partition coefficient (Wildman–Crippen LogP) is 6.09. The van der Waals surface area contributed by atoms with Gasteiger partial charge in [0.1, 0.15) is 18.0 Å². The number of likely N-dealkylation sites (N-methyl/N-ethyl adjacent to an activating group) is 1. The van der Waals surface area contributed by atoms with Crippen LogP contribution in [-0.4, -0.2) is 65.5 Å². The molecular formula is C25H32ClN5O5S2. The number of benzene rings is 1. The fourth-order valence-corrected chi connectivity index (χ4v) is 5.94. The summed E-state index contributed by atoms with van der Waals surface area (Å²) >= 11 is 5.29. The molecule has 13 heteroatoms. The number of ether oxygens (including phenoxy) is 2. The third kappa shape index (κ3) is 5.55. The van der Waals surface area contributed by atoms with E-state index in [9.17, 15) is 13.6 Å². The van der Waals surface area contributed by atoms with E-state index in [4.69, 9.17) is 21.1 Å². The van der Waals surface area contributed by atoms with E-state index in [1.165, 1.54) is 20.2 Å². The zero-order valence-corrected chi connectivity index (χ0v) is 24.6. The van der Waals surface area contributed by atoms with Gasteiger partial charge in [0.2, 0.25) is 0 Å². The minimum atomic E-state index is -2.47. The summed E-state index contributed by atoms with van der Waals surface area (Å²) in [6.45, 7) is 14.3. The Hall–Kier alpha value is -2.64. The largest absolute Gasteiger partial charge is 0.490 e. The van der Waals surface area contributed by atoms with E-state index in [2.05, 4.69) is 23.7 Å². The van der Waals surface area contributed by atoms with Crippen molar-refractivity contribution in [2.24, 2.45) is 0 Å². The van der Waals surface area contributed by atoms with Crippen LogP contribution >= 0.6 is 22.9 Å². The van der Waals surface area contributed by atoms with Crippen LogP contribution in [-0.2, 0) is 16.0 Å². The summed E-state index contributed by atoms with van der Waals surface area (Å²) in [6, 6.07) is 5.07. The molecule has 0 aliphatic heterocycles. The Labute approximate surface area is 233 Å². The lowest BCUT2D eigenvalue weighted by atomic mass is 10.2. The number of fused-ring (bicyclic) bond motifs is 2. The van der Waals surface area contributed by atoms with Gasteiger partial charge >= 0.3 is 6.09 Å². The Morgan fingerprint density at radius 2 is 1.97 bits per heavy atom. The molecular weight excluding hydrogens is 550 g/mol. The van der Waals surface area contributed by atoms with Gasteiger partial charge in [0.15, 0.2) is 15.9 Å². The SMILES string of the molecule is CCN(CC)CCOc1c(C)n(C(=O)OC(C)(C)C)c2ccc(N(c3c(Cl)nc4sccn34)S(=O)O)cc12. The highest BCUT2D eigenvalue weighted by atomic mass is 35.5. The summed E-state index contributed by atoms with van der Waals surface area (Å²) < 4.78 is 39.2. The highest BCUT2D eigenvalue weighted by Gasteiger charge is 2.28. The zero-order valence-electron chi connectivity index (χ0n) is 22.2. The Bertz CT molecular complexity index is 1480. The first-order chi connectivity index (χ1) is 18.0. The molecule has 1 aromatic carbocycles. The number of hydrogen-bond donors (Lipinski definition) is 1. The number of aromatic nitrogens is 3. The number of anilines is 2. The molecule has 10 nitrogen and oxygen atoms in total. The van der Waals surface area contributed by atoms with Crippen molar-refractivity contribution in [3.63, 3.8) is 0 Å². The van der Waals surface area contributed by atoms with Gasteiger partial charge in [-0.15, -0.1) is 11.3 Å². The van der Waals surface area contributed by atoms with E-state index in [1.807, 2.05) is 5.38 Å². The van der Waals surface area contributed by atoms with Crippen LogP contribution < -0.4 is 9.04 Å². The molecule has 0 spiro atoms. The lowest BCUT2D eigenvalue weighted by Gasteiger charge is -2.21.